The maximum atomic E-state index is 12.2. The largest absolute Gasteiger partial charge is 0.371 e. The summed E-state index contributed by atoms with van der Waals surface area (Å²) in [6, 6.07) is 19.3. The van der Waals surface area contributed by atoms with E-state index in [1.165, 1.54) is 0 Å². The van der Waals surface area contributed by atoms with Crippen LogP contribution in [0.2, 0.25) is 0 Å². The molecule has 0 aliphatic carbocycles. The number of amides is 1. The summed E-state index contributed by atoms with van der Waals surface area (Å²) in [5.74, 6) is 1.10. The van der Waals surface area contributed by atoms with Gasteiger partial charge in [-0.3, -0.25) is 4.79 Å². The van der Waals surface area contributed by atoms with Crippen LogP contribution in [0.25, 0.3) is 11.4 Å². The van der Waals surface area contributed by atoms with E-state index in [0.717, 1.165) is 11.1 Å². The van der Waals surface area contributed by atoms with Crippen molar-refractivity contribution in [2.24, 2.45) is 0 Å². The lowest BCUT2D eigenvalue weighted by Gasteiger charge is -2.11. The fraction of sp³-hybridized carbons (Fsp3) is 0.105. The monoisotopic (exact) mass is 354 g/mol. The quantitative estimate of drug-likeness (QED) is 0.731. The Balaban J connectivity index is 0.00000225. The fourth-order valence-corrected chi connectivity index (χ4v) is 2.37. The SMILES string of the molecule is CNc1nc(-c2ccccc2)ncc1NC(=O)Cc1ccccc1.Cl. The number of nitrogens with one attached hydrogen (secondary N) is 2. The Hall–Kier alpha value is -2.92. The highest BCUT2D eigenvalue weighted by Crippen LogP contribution is 2.22. The summed E-state index contributed by atoms with van der Waals surface area (Å²) in [5, 5.41) is 5.87. The molecule has 3 rings (SSSR count). The lowest BCUT2D eigenvalue weighted by Crippen LogP contribution is -2.16. The van der Waals surface area contributed by atoms with Gasteiger partial charge in [-0.25, -0.2) is 9.97 Å². The van der Waals surface area contributed by atoms with Gasteiger partial charge >= 0.3 is 0 Å². The van der Waals surface area contributed by atoms with Gasteiger partial charge in [-0.05, 0) is 5.56 Å². The first-order valence-corrected chi connectivity index (χ1v) is 7.70. The second-order valence-corrected chi connectivity index (χ2v) is 5.28. The number of benzene rings is 2. The Bertz CT molecular complexity index is 825. The molecule has 0 bridgehead atoms. The summed E-state index contributed by atoms with van der Waals surface area (Å²) in [4.78, 5) is 21.0. The van der Waals surface area contributed by atoms with Gasteiger partial charge in [0.2, 0.25) is 5.91 Å². The Morgan fingerprint density at radius 2 is 1.64 bits per heavy atom. The number of nitrogens with zero attached hydrogens (tertiary/aromatic N) is 2. The van der Waals surface area contributed by atoms with Crippen LogP contribution in [0.4, 0.5) is 11.5 Å². The molecule has 0 spiro atoms. The molecule has 0 aliphatic heterocycles. The van der Waals surface area contributed by atoms with E-state index in [9.17, 15) is 4.79 Å². The molecule has 0 radical (unpaired) electrons. The fourth-order valence-electron chi connectivity index (χ4n) is 2.37. The van der Waals surface area contributed by atoms with E-state index in [2.05, 4.69) is 20.6 Å². The Kier molecular flexibility index (Phi) is 6.48. The van der Waals surface area contributed by atoms with Gasteiger partial charge in [0.05, 0.1) is 12.6 Å². The van der Waals surface area contributed by atoms with E-state index in [1.807, 2.05) is 60.7 Å². The normalized spacial score (nSPS) is 9.80. The van der Waals surface area contributed by atoms with Gasteiger partial charge in [-0.15, -0.1) is 12.4 Å². The number of hydrogen-bond acceptors (Lipinski definition) is 4. The molecule has 128 valence electrons. The van der Waals surface area contributed by atoms with Crippen LogP contribution in [0.15, 0.2) is 66.9 Å². The van der Waals surface area contributed by atoms with Gasteiger partial charge in [0.15, 0.2) is 11.6 Å². The van der Waals surface area contributed by atoms with E-state index >= 15 is 0 Å². The molecule has 1 aromatic heterocycles. The first-order chi connectivity index (χ1) is 11.8. The van der Waals surface area contributed by atoms with Gasteiger partial charge in [0.1, 0.15) is 5.69 Å². The summed E-state index contributed by atoms with van der Waals surface area (Å²) in [7, 11) is 1.77. The van der Waals surface area contributed by atoms with E-state index in [1.54, 1.807) is 13.2 Å². The minimum atomic E-state index is -0.103. The van der Waals surface area contributed by atoms with Crippen molar-refractivity contribution < 1.29 is 4.79 Å². The molecule has 0 aliphatic rings. The number of carbonyl (C=O) groups excluding carboxylic acids is 1. The van der Waals surface area contributed by atoms with Crippen molar-refractivity contribution in [2.45, 2.75) is 6.42 Å². The number of anilines is 2. The van der Waals surface area contributed by atoms with E-state index in [0.29, 0.717) is 23.8 Å². The second kappa shape index (κ2) is 8.80. The summed E-state index contributed by atoms with van der Waals surface area (Å²) in [6.45, 7) is 0. The van der Waals surface area contributed by atoms with Crippen LogP contribution in [0, 0.1) is 0 Å². The van der Waals surface area contributed by atoms with Crippen LogP contribution < -0.4 is 10.6 Å². The minimum Gasteiger partial charge on any atom is -0.371 e. The molecule has 0 atom stereocenters. The molecule has 0 unspecified atom stereocenters. The van der Waals surface area contributed by atoms with Crippen molar-refractivity contribution in [2.75, 3.05) is 17.7 Å². The van der Waals surface area contributed by atoms with Gasteiger partial charge in [0, 0.05) is 12.6 Å². The highest BCUT2D eigenvalue weighted by atomic mass is 35.5. The van der Waals surface area contributed by atoms with Crippen molar-refractivity contribution >= 4 is 29.8 Å². The molecular formula is C19H19ClN4O. The molecule has 6 heteroatoms. The molecule has 0 saturated carbocycles. The van der Waals surface area contributed by atoms with Gasteiger partial charge in [-0.2, -0.15) is 0 Å². The van der Waals surface area contributed by atoms with Crippen LogP contribution in [0.3, 0.4) is 0 Å². The molecule has 1 amide bonds. The lowest BCUT2D eigenvalue weighted by atomic mass is 10.1. The molecule has 2 N–H and O–H groups in total. The van der Waals surface area contributed by atoms with Crippen molar-refractivity contribution in [1.29, 1.82) is 0 Å². The number of hydrogen-bond donors (Lipinski definition) is 2. The molecule has 0 saturated heterocycles. The Labute approximate surface area is 152 Å². The second-order valence-electron chi connectivity index (χ2n) is 5.28. The average molecular weight is 355 g/mol. The van der Waals surface area contributed by atoms with Crippen molar-refractivity contribution in [1.82, 2.24) is 9.97 Å². The zero-order valence-electron chi connectivity index (χ0n) is 13.8. The zero-order valence-corrected chi connectivity index (χ0v) is 14.6. The summed E-state index contributed by atoms with van der Waals surface area (Å²) in [5.41, 5.74) is 2.46. The van der Waals surface area contributed by atoms with Crippen LogP contribution in [0.1, 0.15) is 5.56 Å². The molecular weight excluding hydrogens is 336 g/mol. The van der Waals surface area contributed by atoms with Crippen LogP contribution in [-0.2, 0) is 11.2 Å². The van der Waals surface area contributed by atoms with E-state index in [4.69, 9.17) is 0 Å². The number of halogens is 1. The summed E-state index contributed by atoms with van der Waals surface area (Å²) in [6.07, 6.45) is 1.94. The predicted octanol–water partition coefficient (Wildman–Crippen LogP) is 3.79. The third kappa shape index (κ3) is 4.78. The predicted molar refractivity (Wildman–Crippen MR) is 103 cm³/mol. The first kappa shape index (κ1) is 18.4. The standard InChI is InChI=1S/C19H18N4O.ClH/c1-20-19-16(22-17(24)12-14-8-4-2-5-9-14)13-21-18(23-19)15-10-6-3-7-11-15;/h2-11,13H,12H2,1H3,(H,22,24)(H,20,21,23);1H. The van der Waals surface area contributed by atoms with E-state index in [-0.39, 0.29) is 18.3 Å². The molecule has 0 fully saturated rings. The van der Waals surface area contributed by atoms with Crippen LogP contribution in [-0.4, -0.2) is 22.9 Å². The van der Waals surface area contributed by atoms with Crippen LogP contribution in [0.5, 0.6) is 0 Å². The molecule has 2 aromatic carbocycles. The van der Waals surface area contributed by atoms with E-state index < -0.39 is 0 Å². The first-order valence-electron chi connectivity index (χ1n) is 7.70. The molecule has 1 heterocycles. The van der Waals surface area contributed by atoms with Crippen molar-refractivity contribution in [3.8, 4) is 11.4 Å². The maximum absolute atomic E-state index is 12.2. The van der Waals surface area contributed by atoms with Crippen molar-refractivity contribution in [3.05, 3.63) is 72.4 Å². The number of carbonyl (C=O) groups is 1. The molecule has 5 nitrogen and oxygen atoms in total. The topological polar surface area (TPSA) is 66.9 Å². The maximum Gasteiger partial charge on any atom is 0.228 e. The number of rotatable bonds is 5. The lowest BCUT2D eigenvalue weighted by molar-refractivity contribution is -0.115. The molecule has 25 heavy (non-hydrogen) atoms. The highest BCUT2D eigenvalue weighted by molar-refractivity contribution is 5.94. The Morgan fingerprint density at radius 1 is 1.00 bits per heavy atom. The van der Waals surface area contributed by atoms with Crippen molar-refractivity contribution in [3.63, 3.8) is 0 Å². The summed E-state index contributed by atoms with van der Waals surface area (Å²) >= 11 is 0. The van der Waals surface area contributed by atoms with Gasteiger partial charge in [0.25, 0.3) is 0 Å². The minimum absolute atomic E-state index is 0. The third-order valence-corrected chi connectivity index (χ3v) is 3.54. The van der Waals surface area contributed by atoms with Gasteiger partial charge in [-0.1, -0.05) is 60.7 Å². The Morgan fingerprint density at radius 3 is 2.28 bits per heavy atom. The number of aromatic nitrogens is 2. The molecule has 3 aromatic rings. The average Bonchev–Trinajstić information content (AvgIpc) is 2.63. The van der Waals surface area contributed by atoms with Crippen LogP contribution >= 0.6 is 12.4 Å². The summed E-state index contributed by atoms with van der Waals surface area (Å²) < 4.78 is 0. The van der Waals surface area contributed by atoms with Gasteiger partial charge < -0.3 is 10.6 Å². The third-order valence-electron chi connectivity index (χ3n) is 3.54. The smallest absolute Gasteiger partial charge is 0.228 e. The highest BCUT2D eigenvalue weighted by Gasteiger charge is 2.11. The zero-order chi connectivity index (χ0) is 16.8.